The molecule has 1 heterocycles. The Kier molecular flexibility index (Phi) is 3.79. The molecule has 1 aromatic rings. The molecule has 0 N–H and O–H groups in total. The van der Waals surface area contributed by atoms with Crippen molar-refractivity contribution in [1.82, 2.24) is 4.31 Å². The first-order valence-electron chi connectivity index (χ1n) is 5.39. The Hall–Kier alpha value is -0.850. The van der Waals surface area contributed by atoms with Crippen molar-refractivity contribution in [1.29, 1.82) is 0 Å². The molecular weight excluding hydrogens is 281 g/mol. The van der Waals surface area contributed by atoms with Crippen LogP contribution in [0.1, 0.15) is 0 Å². The largest absolute Gasteiger partial charge is 0.493 e. The minimum atomic E-state index is -3.09. The maximum atomic E-state index is 12.9. The fraction of sp³-hybridized carbons (Fsp3) is 0.455. The number of nitrogens with zero attached hydrogens (tertiary/aromatic N) is 1. The van der Waals surface area contributed by atoms with Gasteiger partial charge in [-0.3, -0.25) is 0 Å². The molecule has 0 bridgehead atoms. The zero-order chi connectivity index (χ0) is 13.3. The normalized spacial score (nSPS) is 17.5. The molecule has 1 aliphatic heterocycles. The Labute approximate surface area is 110 Å². The first-order valence-corrected chi connectivity index (χ1v) is 7.62. The fourth-order valence-electron chi connectivity index (χ4n) is 1.68. The number of sulfonamides is 1. The number of halogens is 2. The van der Waals surface area contributed by atoms with Crippen LogP contribution in [0.5, 0.6) is 5.75 Å². The van der Waals surface area contributed by atoms with Gasteiger partial charge in [-0.1, -0.05) is 11.6 Å². The van der Waals surface area contributed by atoms with E-state index in [1.54, 1.807) is 0 Å². The number of hydrogen-bond donors (Lipinski definition) is 0. The van der Waals surface area contributed by atoms with E-state index in [9.17, 15) is 12.8 Å². The van der Waals surface area contributed by atoms with Gasteiger partial charge in [-0.05, 0) is 12.1 Å². The van der Waals surface area contributed by atoms with Crippen molar-refractivity contribution >= 4 is 21.6 Å². The lowest BCUT2D eigenvalue weighted by Gasteiger charge is -2.36. The molecule has 100 valence electrons. The summed E-state index contributed by atoms with van der Waals surface area (Å²) in [5.41, 5.74) is 0. The number of hydrogen-bond acceptors (Lipinski definition) is 3. The van der Waals surface area contributed by atoms with Crippen molar-refractivity contribution in [3.63, 3.8) is 0 Å². The van der Waals surface area contributed by atoms with Gasteiger partial charge in [0, 0.05) is 25.1 Å². The van der Waals surface area contributed by atoms with Gasteiger partial charge in [0.1, 0.15) is 11.6 Å². The van der Waals surface area contributed by atoms with Crippen LogP contribution < -0.4 is 4.74 Å². The van der Waals surface area contributed by atoms with Gasteiger partial charge in [0.25, 0.3) is 0 Å². The molecule has 1 saturated heterocycles. The monoisotopic (exact) mass is 293 g/mol. The van der Waals surface area contributed by atoms with Gasteiger partial charge in [-0.2, -0.15) is 0 Å². The summed E-state index contributed by atoms with van der Waals surface area (Å²) >= 11 is 5.62. The average molecular weight is 294 g/mol. The predicted molar refractivity (Wildman–Crippen MR) is 66.8 cm³/mol. The third-order valence-electron chi connectivity index (χ3n) is 2.77. The maximum absolute atomic E-state index is 12.9. The Balaban J connectivity index is 1.82. The lowest BCUT2D eigenvalue weighted by atomic mass is 10.1. The summed E-state index contributed by atoms with van der Waals surface area (Å²) in [6.45, 7) is 1.33. The molecule has 0 radical (unpaired) electrons. The summed E-state index contributed by atoms with van der Waals surface area (Å²) in [6, 6.07) is 4.14. The van der Waals surface area contributed by atoms with Crippen molar-refractivity contribution in [2.24, 2.45) is 5.92 Å². The van der Waals surface area contributed by atoms with Crippen LogP contribution >= 0.6 is 11.6 Å². The van der Waals surface area contributed by atoms with Crippen LogP contribution in [-0.4, -0.2) is 38.7 Å². The Morgan fingerprint density at radius 3 is 2.72 bits per heavy atom. The topological polar surface area (TPSA) is 46.6 Å². The highest BCUT2D eigenvalue weighted by Gasteiger charge is 2.33. The Bertz CT molecular complexity index is 543. The average Bonchev–Trinajstić information content (AvgIpc) is 2.19. The Morgan fingerprint density at radius 1 is 1.50 bits per heavy atom. The highest BCUT2D eigenvalue weighted by Crippen LogP contribution is 2.23. The van der Waals surface area contributed by atoms with Crippen LogP contribution in [0, 0.1) is 11.7 Å². The van der Waals surface area contributed by atoms with Gasteiger partial charge in [0.15, 0.2) is 0 Å². The molecule has 0 saturated carbocycles. The number of ether oxygens (including phenoxy) is 1. The lowest BCUT2D eigenvalue weighted by molar-refractivity contribution is 0.130. The summed E-state index contributed by atoms with van der Waals surface area (Å²) in [5.74, 6) is 0.165. The molecule has 1 fully saturated rings. The zero-order valence-corrected chi connectivity index (χ0v) is 11.3. The summed E-state index contributed by atoms with van der Waals surface area (Å²) in [5, 5.41) is 0.0128. The predicted octanol–water partition coefficient (Wildman–Crippen LogP) is 1.75. The summed E-state index contributed by atoms with van der Waals surface area (Å²) in [7, 11) is -3.09. The molecule has 0 spiro atoms. The minimum absolute atomic E-state index is 0.0128. The summed E-state index contributed by atoms with van der Waals surface area (Å²) in [4.78, 5) is 0. The van der Waals surface area contributed by atoms with E-state index >= 15 is 0 Å². The van der Waals surface area contributed by atoms with Crippen molar-refractivity contribution < 1.29 is 17.5 Å². The standard InChI is InChI=1S/C11H13ClFNO3S/c1-18(15,16)14-5-8(6-14)7-17-9-2-3-11(13)10(12)4-9/h2-4,8H,5-7H2,1H3. The van der Waals surface area contributed by atoms with Crippen LogP contribution in [0.25, 0.3) is 0 Å². The van der Waals surface area contributed by atoms with E-state index in [2.05, 4.69) is 0 Å². The van der Waals surface area contributed by atoms with Crippen LogP contribution in [0.3, 0.4) is 0 Å². The third kappa shape index (κ3) is 3.13. The molecular formula is C11H13ClFNO3S. The molecule has 0 amide bonds. The molecule has 7 heteroatoms. The second-order valence-electron chi connectivity index (χ2n) is 4.33. The second-order valence-corrected chi connectivity index (χ2v) is 6.72. The Morgan fingerprint density at radius 2 is 2.17 bits per heavy atom. The second kappa shape index (κ2) is 5.03. The van der Waals surface area contributed by atoms with Crippen LogP contribution in [0.2, 0.25) is 5.02 Å². The summed E-state index contributed by atoms with van der Waals surface area (Å²) < 4.78 is 42.0. The van der Waals surface area contributed by atoms with Crippen LogP contribution in [-0.2, 0) is 10.0 Å². The van der Waals surface area contributed by atoms with Crippen molar-refractivity contribution in [2.75, 3.05) is 26.0 Å². The fourth-order valence-corrected chi connectivity index (χ4v) is 2.81. The molecule has 0 unspecified atom stereocenters. The molecule has 1 aliphatic rings. The molecule has 1 aromatic carbocycles. The molecule has 18 heavy (non-hydrogen) atoms. The van der Waals surface area contributed by atoms with Crippen LogP contribution in [0.4, 0.5) is 4.39 Å². The molecule has 0 aromatic heterocycles. The van der Waals surface area contributed by atoms with Gasteiger partial charge < -0.3 is 4.74 Å². The van der Waals surface area contributed by atoms with Gasteiger partial charge >= 0.3 is 0 Å². The van der Waals surface area contributed by atoms with Crippen molar-refractivity contribution in [3.8, 4) is 5.75 Å². The minimum Gasteiger partial charge on any atom is -0.493 e. The molecule has 2 rings (SSSR count). The molecule has 4 nitrogen and oxygen atoms in total. The van der Waals surface area contributed by atoms with Gasteiger partial charge in [0.05, 0.1) is 17.9 Å². The highest BCUT2D eigenvalue weighted by atomic mass is 35.5. The lowest BCUT2D eigenvalue weighted by Crippen LogP contribution is -2.51. The van der Waals surface area contributed by atoms with E-state index in [1.807, 2.05) is 0 Å². The van der Waals surface area contributed by atoms with E-state index < -0.39 is 15.8 Å². The number of benzene rings is 1. The van der Waals surface area contributed by atoms with Crippen molar-refractivity contribution in [2.45, 2.75) is 0 Å². The molecule has 0 atom stereocenters. The first-order chi connectivity index (χ1) is 8.36. The van der Waals surface area contributed by atoms with E-state index in [0.29, 0.717) is 25.4 Å². The smallest absolute Gasteiger partial charge is 0.211 e. The van der Waals surface area contributed by atoms with E-state index in [4.69, 9.17) is 16.3 Å². The van der Waals surface area contributed by atoms with Crippen molar-refractivity contribution in [3.05, 3.63) is 29.0 Å². The highest BCUT2D eigenvalue weighted by molar-refractivity contribution is 7.88. The van der Waals surface area contributed by atoms with E-state index in [0.717, 1.165) is 0 Å². The quantitative estimate of drug-likeness (QED) is 0.850. The van der Waals surface area contributed by atoms with Gasteiger partial charge in [0.2, 0.25) is 10.0 Å². The summed E-state index contributed by atoms with van der Waals surface area (Å²) in [6.07, 6.45) is 1.18. The molecule has 0 aliphatic carbocycles. The SMILES string of the molecule is CS(=O)(=O)N1CC(COc2ccc(F)c(Cl)c2)C1. The van der Waals surface area contributed by atoms with Gasteiger partial charge in [-0.25, -0.2) is 17.1 Å². The first kappa shape index (κ1) is 13.6. The zero-order valence-electron chi connectivity index (χ0n) is 9.77. The maximum Gasteiger partial charge on any atom is 0.211 e. The number of rotatable bonds is 4. The van der Waals surface area contributed by atoms with Gasteiger partial charge in [-0.15, -0.1) is 0 Å². The van der Waals surface area contributed by atoms with E-state index in [1.165, 1.54) is 28.8 Å². The van der Waals surface area contributed by atoms with Crippen LogP contribution in [0.15, 0.2) is 18.2 Å². The third-order valence-corrected chi connectivity index (χ3v) is 4.30. The van der Waals surface area contributed by atoms with E-state index in [-0.39, 0.29) is 10.9 Å².